The Morgan fingerprint density at radius 3 is 1.62 bits per heavy atom. The first-order valence-electron chi connectivity index (χ1n) is 19.1. The second-order valence-corrected chi connectivity index (χ2v) is 14.2. The van der Waals surface area contributed by atoms with E-state index >= 15 is 0 Å². The van der Waals surface area contributed by atoms with Gasteiger partial charge in [0.2, 0.25) is 17.1 Å². The molecule has 4 aromatic carbocycles. The van der Waals surface area contributed by atoms with Gasteiger partial charge in [0.25, 0.3) is 11.4 Å². The van der Waals surface area contributed by atoms with Crippen molar-refractivity contribution in [3.8, 4) is 61.8 Å². The van der Waals surface area contributed by atoms with Crippen LogP contribution in [0.1, 0.15) is 26.3 Å². The van der Waals surface area contributed by atoms with Gasteiger partial charge in [-0.25, -0.2) is 9.59 Å². The smallest absolute Gasteiger partial charge is 0.344 e. The van der Waals surface area contributed by atoms with Crippen molar-refractivity contribution in [1.29, 1.82) is 0 Å². The number of fused-ring (bicyclic) bond motifs is 10. The number of carbonyl (C=O) groups is 2. The van der Waals surface area contributed by atoms with Crippen molar-refractivity contribution in [1.82, 2.24) is 0 Å². The van der Waals surface area contributed by atoms with Gasteiger partial charge in [-0.2, -0.15) is 9.13 Å². The summed E-state index contributed by atoms with van der Waals surface area (Å²) in [5.41, 5.74) is 13.6. The van der Waals surface area contributed by atoms with Crippen molar-refractivity contribution < 1.29 is 37.3 Å². The van der Waals surface area contributed by atoms with Crippen LogP contribution in [0, 0.1) is 0 Å². The molecule has 8 nitrogen and oxygen atoms in total. The van der Waals surface area contributed by atoms with Crippen molar-refractivity contribution >= 4 is 11.9 Å². The Labute approximate surface area is 336 Å². The van der Waals surface area contributed by atoms with Crippen LogP contribution in [0.4, 0.5) is 0 Å². The predicted molar refractivity (Wildman–Crippen MR) is 219 cm³/mol. The summed E-state index contributed by atoms with van der Waals surface area (Å²) in [6.07, 6.45) is 8.66. The molecular formula is C50H40N4O4+4. The zero-order valence-corrected chi connectivity index (χ0v) is 32.2. The molecule has 1 aliphatic rings. The van der Waals surface area contributed by atoms with E-state index in [0.29, 0.717) is 24.3 Å². The maximum absolute atomic E-state index is 12.3. The van der Waals surface area contributed by atoms with Gasteiger partial charge in [0.05, 0.1) is 30.9 Å². The van der Waals surface area contributed by atoms with E-state index in [1.165, 1.54) is 14.2 Å². The zero-order chi connectivity index (χ0) is 39.6. The van der Waals surface area contributed by atoms with E-state index in [4.69, 9.17) is 9.47 Å². The lowest BCUT2D eigenvalue weighted by Crippen LogP contribution is -2.55. The number of esters is 2. The molecule has 0 unspecified atom stereocenters. The van der Waals surface area contributed by atoms with Gasteiger partial charge in [0.15, 0.2) is 31.3 Å². The number of nitrogens with zero attached hydrogens (tertiary/aromatic N) is 4. The van der Waals surface area contributed by atoms with E-state index in [1.807, 2.05) is 24.3 Å². The minimum atomic E-state index is -0.367. The minimum Gasteiger partial charge on any atom is -0.465 e. The van der Waals surface area contributed by atoms with E-state index in [1.54, 1.807) is 24.3 Å². The maximum atomic E-state index is 12.3. The molecule has 0 bridgehead atoms. The number of methoxy groups -OCH3 is 2. The summed E-state index contributed by atoms with van der Waals surface area (Å²) in [7, 11) is 2.79. The number of benzene rings is 4. The molecule has 0 aliphatic carbocycles. The molecule has 0 saturated heterocycles. The number of carbonyl (C=O) groups excluding carboxylic acids is 2. The Hall–Kier alpha value is -7.58. The number of rotatable bonds is 4. The fraction of sp³-hybridized carbons (Fsp3) is 0.0800. The standard InChI is InChI=1S/C50H40N4O4/c1-57-49(55)37-21-17-35(18-22-37)39-25-27-47-48-28-26-40(36-19-23-38(24-20-36)50(56)58-2)32-53(48)34-51-29-9-7-14-44(51)43-13-5-6-15-46(43)54-30-10-8-16-45(54)42-12-4-3-11-41(42)33-52(47)31-39/h3-32H,33-34H2,1-2H3/q+4. The number of hydrogen-bond donors (Lipinski definition) is 0. The van der Waals surface area contributed by atoms with Crippen LogP contribution in [0.25, 0.3) is 61.8 Å². The lowest BCUT2D eigenvalue weighted by atomic mass is 10.0. The fourth-order valence-electron chi connectivity index (χ4n) is 7.85. The van der Waals surface area contributed by atoms with Crippen LogP contribution in [0.3, 0.4) is 0 Å². The first-order chi connectivity index (χ1) is 28.5. The van der Waals surface area contributed by atoms with Gasteiger partial charge in [0.1, 0.15) is 5.56 Å². The molecular weight excluding hydrogens is 721 g/mol. The Bertz CT molecular complexity index is 2660. The molecule has 280 valence electrons. The Kier molecular flexibility index (Phi) is 9.65. The normalized spacial score (nSPS) is 11.6. The molecule has 0 saturated carbocycles. The first kappa shape index (κ1) is 36.1. The van der Waals surface area contributed by atoms with Crippen molar-refractivity contribution in [3.63, 3.8) is 0 Å². The van der Waals surface area contributed by atoms with Crippen LogP contribution >= 0.6 is 0 Å². The van der Waals surface area contributed by atoms with Crippen LogP contribution in [0.5, 0.6) is 0 Å². The van der Waals surface area contributed by atoms with Gasteiger partial charge in [0, 0.05) is 59.2 Å². The summed E-state index contributed by atoms with van der Waals surface area (Å²) in [5.74, 6) is -0.734. The van der Waals surface area contributed by atoms with Crippen LogP contribution in [-0.2, 0) is 22.7 Å². The van der Waals surface area contributed by atoms with Crippen LogP contribution in [-0.4, -0.2) is 26.2 Å². The molecule has 0 atom stereocenters. The van der Waals surface area contributed by atoms with E-state index in [0.717, 1.165) is 67.4 Å². The topological polar surface area (TPSA) is 68.1 Å². The first-order valence-corrected chi connectivity index (χ1v) is 19.1. The maximum Gasteiger partial charge on any atom is 0.344 e. The van der Waals surface area contributed by atoms with Crippen LogP contribution < -0.4 is 18.3 Å². The Morgan fingerprint density at radius 2 is 0.966 bits per heavy atom. The zero-order valence-electron chi connectivity index (χ0n) is 32.2. The van der Waals surface area contributed by atoms with Crippen LogP contribution in [0.2, 0.25) is 0 Å². The number of pyridine rings is 4. The largest absolute Gasteiger partial charge is 0.465 e. The average Bonchev–Trinajstić information content (AvgIpc) is 3.29. The van der Waals surface area contributed by atoms with Gasteiger partial charge in [-0.05, 0) is 71.8 Å². The summed E-state index contributed by atoms with van der Waals surface area (Å²) in [4.78, 5) is 24.5. The highest BCUT2D eigenvalue weighted by molar-refractivity contribution is 5.90. The lowest BCUT2D eigenvalue weighted by Gasteiger charge is -2.13. The molecule has 58 heavy (non-hydrogen) atoms. The third-order valence-corrected chi connectivity index (χ3v) is 10.8. The van der Waals surface area contributed by atoms with Crippen molar-refractivity contribution in [3.05, 3.63) is 199 Å². The average molecular weight is 761 g/mol. The highest BCUT2D eigenvalue weighted by Gasteiger charge is 2.32. The molecule has 0 amide bonds. The summed E-state index contributed by atoms with van der Waals surface area (Å²) in [6, 6.07) is 53.6. The number of para-hydroxylation sites is 1. The van der Waals surface area contributed by atoms with Crippen molar-refractivity contribution in [2.24, 2.45) is 0 Å². The highest BCUT2D eigenvalue weighted by atomic mass is 16.5. The molecule has 1 aliphatic heterocycles. The molecule has 8 heteroatoms. The second kappa shape index (κ2) is 15.5. The second-order valence-electron chi connectivity index (χ2n) is 14.2. The third kappa shape index (κ3) is 6.81. The summed E-state index contributed by atoms with van der Waals surface area (Å²) in [6.45, 7) is 1.09. The monoisotopic (exact) mass is 760 g/mol. The highest BCUT2D eigenvalue weighted by Crippen LogP contribution is 2.29. The Morgan fingerprint density at radius 1 is 0.448 bits per heavy atom. The number of aromatic nitrogens is 4. The lowest BCUT2D eigenvalue weighted by molar-refractivity contribution is -0.904. The molecule has 8 aromatic rings. The summed E-state index contributed by atoms with van der Waals surface area (Å²) < 4.78 is 19.1. The summed E-state index contributed by atoms with van der Waals surface area (Å²) in [5, 5.41) is 0. The molecule has 5 heterocycles. The minimum absolute atomic E-state index is 0.366. The molecule has 0 radical (unpaired) electrons. The van der Waals surface area contributed by atoms with Crippen molar-refractivity contribution in [2.45, 2.75) is 13.2 Å². The van der Waals surface area contributed by atoms with Crippen LogP contribution in [0.15, 0.2) is 183 Å². The van der Waals surface area contributed by atoms with Gasteiger partial charge < -0.3 is 9.47 Å². The predicted octanol–water partition coefficient (Wildman–Crippen LogP) is 7.60. The SMILES string of the molecule is COC(=O)c1ccc(-c2ccc3[n+](c2)Cc2ccccc2-c2cccc[n+]2-c2ccccc2-c2cccc[n+]2C[n+]2cc(-c4ccc(C(=O)OC)cc4)ccc2-3)cc1. The fourth-order valence-corrected chi connectivity index (χ4v) is 7.85. The third-order valence-electron chi connectivity index (χ3n) is 10.8. The summed E-state index contributed by atoms with van der Waals surface area (Å²) >= 11 is 0. The van der Waals surface area contributed by atoms with E-state index < -0.39 is 0 Å². The molecule has 0 spiro atoms. The Balaban J connectivity index is 1.30. The number of hydrogen-bond acceptors (Lipinski definition) is 4. The molecule has 0 fully saturated rings. The van der Waals surface area contributed by atoms with E-state index in [-0.39, 0.29) is 11.9 Å². The van der Waals surface area contributed by atoms with Gasteiger partial charge in [-0.1, -0.05) is 54.6 Å². The van der Waals surface area contributed by atoms with Crippen molar-refractivity contribution in [2.75, 3.05) is 14.2 Å². The quantitative estimate of drug-likeness (QED) is 0.137. The number of ether oxygens (including phenoxy) is 2. The molecule has 4 aromatic heterocycles. The molecule has 9 rings (SSSR count). The molecule has 0 N–H and O–H groups in total. The van der Waals surface area contributed by atoms with Gasteiger partial charge in [-0.3, -0.25) is 0 Å². The van der Waals surface area contributed by atoms with Gasteiger partial charge in [-0.15, -0.1) is 9.13 Å². The van der Waals surface area contributed by atoms with E-state index in [9.17, 15) is 9.59 Å². The van der Waals surface area contributed by atoms with Gasteiger partial charge >= 0.3 is 18.6 Å². The van der Waals surface area contributed by atoms with E-state index in [2.05, 4.69) is 152 Å².